The summed E-state index contributed by atoms with van der Waals surface area (Å²) in [7, 11) is 0. The molecule has 0 aliphatic rings. The average molecular weight is 226 g/mol. The van der Waals surface area contributed by atoms with Crippen molar-refractivity contribution in [3.63, 3.8) is 0 Å². The lowest BCUT2D eigenvalue weighted by molar-refractivity contribution is -0.0498. The maximum atomic E-state index is 12.0. The van der Waals surface area contributed by atoms with Crippen LogP contribution in [-0.2, 0) is 0 Å². The second-order valence-electron chi connectivity index (χ2n) is 3.04. The van der Waals surface area contributed by atoms with Crippen molar-refractivity contribution in [1.82, 2.24) is 10.1 Å². The summed E-state index contributed by atoms with van der Waals surface area (Å²) in [6, 6.07) is 6.13. The largest absolute Gasteiger partial charge is 0.435 e. The molecule has 0 radical (unpaired) electrons. The van der Waals surface area contributed by atoms with E-state index in [0.717, 1.165) is 0 Å². The smallest absolute Gasteiger partial charge is 0.387 e. The minimum Gasteiger partial charge on any atom is -0.435 e. The van der Waals surface area contributed by atoms with Crippen LogP contribution in [-0.4, -0.2) is 16.8 Å². The number of alkyl halides is 2. The number of hydrogen-bond acceptors (Lipinski definition) is 4. The molecule has 0 amide bonds. The van der Waals surface area contributed by atoms with Crippen LogP contribution < -0.4 is 4.74 Å². The van der Waals surface area contributed by atoms with Crippen molar-refractivity contribution >= 4 is 0 Å². The summed E-state index contributed by atoms with van der Waals surface area (Å²) in [5.41, 5.74) is 0.565. The standard InChI is InChI=1S/C10H8F2N2O2/c1-6-13-9(14-16-6)7-3-2-4-8(5-7)15-10(11)12/h2-5,10H,1H3. The fourth-order valence-electron chi connectivity index (χ4n) is 1.23. The van der Waals surface area contributed by atoms with Crippen molar-refractivity contribution < 1.29 is 18.0 Å². The fraction of sp³-hybridized carbons (Fsp3) is 0.200. The molecule has 0 saturated carbocycles. The molecule has 2 aromatic rings. The van der Waals surface area contributed by atoms with Crippen LogP contribution in [0.3, 0.4) is 0 Å². The van der Waals surface area contributed by atoms with Gasteiger partial charge in [-0.05, 0) is 12.1 Å². The minimum absolute atomic E-state index is 0.0648. The Hall–Kier alpha value is -1.98. The van der Waals surface area contributed by atoms with Gasteiger partial charge in [0.05, 0.1) is 0 Å². The van der Waals surface area contributed by atoms with Crippen molar-refractivity contribution in [2.24, 2.45) is 0 Å². The molecule has 0 atom stereocenters. The van der Waals surface area contributed by atoms with Crippen molar-refractivity contribution in [3.8, 4) is 17.1 Å². The molecule has 84 valence electrons. The van der Waals surface area contributed by atoms with E-state index in [1.165, 1.54) is 12.1 Å². The Morgan fingerprint density at radius 2 is 2.19 bits per heavy atom. The van der Waals surface area contributed by atoms with Gasteiger partial charge in [-0.3, -0.25) is 0 Å². The highest BCUT2D eigenvalue weighted by Gasteiger charge is 2.09. The maximum absolute atomic E-state index is 12.0. The zero-order valence-electron chi connectivity index (χ0n) is 8.35. The summed E-state index contributed by atoms with van der Waals surface area (Å²) in [6.07, 6.45) is 0. The molecule has 0 spiro atoms. The molecule has 0 unspecified atom stereocenters. The zero-order chi connectivity index (χ0) is 11.5. The highest BCUT2D eigenvalue weighted by Crippen LogP contribution is 2.22. The van der Waals surface area contributed by atoms with Crippen LogP contribution in [0.2, 0.25) is 0 Å². The van der Waals surface area contributed by atoms with Gasteiger partial charge in [0, 0.05) is 12.5 Å². The van der Waals surface area contributed by atoms with E-state index >= 15 is 0 Å². The van der Waals surface area contributed by atoms with Crippen molar-refractivity contribution in [2.45, 2.75) is 13.5 Å². The Morgan fingerprint density at radius 3 is 2.81 bits per heavy atom. The molecule has 6 heteroatoms. The molecule has 1 aromatic heterocycles. The number of ether oxygens (including phenoxy) is 1. The summed E-state index contributed by atoms with van der Waals surface area (Å²) < 4.78 is 33.0. The number of hydrogen-bond donors (Lipinski definition) is 0. The Labute approximate surface area is 89.8 Å². The van der Waals surface area contributed by atoms with Gasteiger partial charge in [0.25, 0.3) is 0 Å². The molecule has 1 aromatic carbocycles. The minimum atomic E-state index is -2.85. The lowest BCUT2D eigenvalue weighted by Crippen LogP contribution is -2.01. The monoisotopic (exact) mass is 226 g/mol. The molecule has 2 rings (SSSR count). The first-order valence-corrected chi connectivity index (χ1v) is 4.51. The Morgan fingerprint density at radius 1 is 1.38 bits per heavy atom. The summed E-state index contributed by atoms with van der Waals surface area (Å²) in [5, 5.41) is 3.68. The lowest BCUT2D eigenvalue weighted by Gasteiger charge is -2.04. The Balaban J connectivity index is 2.28. The normalized spacial score (nSPS) is 10.8. The quantitative estimate of drug-likeness (QED) is 0.807. The van der Waals surface area contributed by atoms with Crippen LogP contribution in [0.5, 0.6) is 5.75 Å². The summed E-state index contributed by atoms with van der Waals surface area (Å²) >= 11 is 0. The van der Waals surface area contributed by atoms with E-state index in [0.29, 0.717) is 17.3 Å². The van der Waals surface area contributed by atoms with E-state index in [9.17, 15) is 8.78 Å². The number of aryl methyl sites for hydroxylation is 1. The van der Waals surface area contributed by atoms with E-state index in [-0.39, 0.29) is 5.75 Å². The first kappa shape index (κ1) is 10.5. The predicted molar refractivity (Wildman–Crippen MR) is 51.1 cm³/mol. The molecule has 0 saturated heterocycles. The SMILES string of the molecule is Cc1nc(-c2cccc(OC(F)F)c2)no1. The molecule has 0 aliphatic carbocycles. The first-order valence-electron chi connectivity index (χ1n) is 4.51. The molecular weight excluding hydrogens is 218 g/mol. The van der Waals surface area contributed by atoms with Gasteiger partial charge in [-0.1, -0.05) is 17.3 Å². The molecular formula is C10H8F2N2O2. The summed E-state index contributed by atoms with van der Waals surface area (Å²) in [6.45, 7) is -1.20. The van der Waals surface area contributed by atoms with Gasteiger partial charge in [-0.2, -0.15) is 13.8 Å². The van der Waals surface area contributed by atoms with Crippen molar-refractivity contribution in [3.05, 3.63) is 30.2 Å². The van der Waals surface area contributed by atoms with E-state index in [1.807, 2.05) is 0 Å². The third-order valence-corrected chi connectivity index (χ3v) is 1.84. The molecule has 0 N–H and O–H groups in total. The van der Waals surface area contributed by atoms with Gasteiger partial charge in [0.2, 0.25) is 11.7 Å². The van der Waals surface area contributed by atoms with Gasteiger partial charge in [0.1, 0.15) is 5.75 Å². The molecule has 0 bridgehead atoms. The molecule has 0 aliphatic heterocycles. The number of nitrogens with zero attached hydrogens (tertiary/aromatic N) is 2. The highest BCUT2D eigenvalue weighted by molar-refractivity contribution is 5.56. The van der Waals surface area contributed by atoms with Gasteiger partial charge in [0.15, 0.2) is 0 Å². The van der Waals surface area contributed by atoms with Crippen LogP contribution in [0.25, 0.3) is 11.4 Å². The topological polar surface area (TPSA) is 48.2 Å². The second kappa shape index (κ2) is 4.26. The molecule has 1 heterocycles. The number of benzene rings is 1. The molecule has 16 heavy (non-hydrogen) atoms. The second-order valence-corrected chi connectivity index (χ2v) is 3.04. The van der Waals surface area contributed by atoms with E-state index < -0.39 is 6.61 Å². The van der Waals surface area contributed by atoms with E-state index in [1.54, 1.807) is 19.1 Å². The van der Waals surface area contributed by atoms with Crippen LogP contribution in [0.1, 0.15) is 5.89 Å². The zero-order valence-corrected chi connectivity index (χ0v) is 8.35. The van der Waals surface area contributed by atoms with Gasteiger partial charge in [-0.15, -0.1) is 0 Å². The molecule has 0 fully saturated rings. The Kier molecular flexibility index (Phi) is 2.80. The van der Waals surface area contributed by atoms with Crippen LogP contribution in [0.15, 0.2) is 28.8 Å². The lowest BCUT2D eigenvalue weighted by atomic mass is 10.2. The van der Waals surface area contributed by atoms with Gasteiger partial charge in [-0.25, -0.2) is 0 Å². The number of halogens is 2. The Bertz CT molecular complexity index is 485. The highest BCUT2D eigenvalue weighted by atomic mass is 19.3. The maximum Gasteiger partial charge on any atom is 0.387 e. The summed E-state index contributed by atoms with van der Waals surface area (Å²) in [5.74, 6) is 0.822. The molecule has 4 nitrogen and oxygen atoms in total. The van der Waals surface area contributed by atoms with E-state index in [2.05, 4.69) is 14.9 Å². The third-order valence-electron chi connectivity index (χ3n) is 1.84. The van der Waals surface area contributed by atoms with E-state index in [4.69, 9.17) is 4.52 Å². The number of rotatable bonds is 3. The fourth-order valence-corrected chi connectivity index (χ4v) is 1.23. The number of aromatic nitrogens is 2. The first-order chi connectivity index (χ1) is 7.65. The van der Waals surface area contributed by atoms with Crippen molar-refractivity contribution in [2.75, 3.05) is 0 Å². The van der Waals surface area contributed by atoms with Gasteiger partial charge >= 0.3 is 6.61 Å². The van der Waals surface area contributed by atoms with Gasteiger partial charge < -0.3 is 9.26 Å². The third kappa shape index (κ3) is 2.33. The predicted octanol–water partition coefficient (Wildman–Crippen LogP) is 2.65. The average Bonchev–Trinajstić information content (AvgIpc) is 2.64. The van der Waals surface area contributed by atoms with Crippen LogP contribution in [0.4, 0.5) is 8.78 Å². The van der Waals surface area contributed by atoms with Crippen LogP contribution >= 0.6 is 0 Å². The summed E-state index contributed by atoms with van der Waals surface area (Å²) in [4.78, 5) is 3.98. The van der Waals surface area contributed by atoms with Crippen molar-refractivity contribution in [1.29, 1.82) is 0 Å². The van der Waals surface area contributed by atoms with Crippen LogP contribution in [0, 0.1) is 6.92 Å².